The fourth-order valence-corrected chi connectivity index (χ4v) is 4.29. The molecule has 6 rings (SSSR count). The topological polar surface area (TPSA) is 120 Å². The molecule has 154 valence electrons. The molecule has 9 nitrogen and oxygen atoms in total. The van der Waals surface area contributed by atoms with Crippen LogP contribution in [0.25, 0.3) is 22.3 Å². The maximum Gasteiger partial charge on any atom is 0.340 e. The number of aliphatic hydroxyl groups is 2. The van der Waals surface area contributed by atoms with E-state index in [9.17, 15) is 19.8 Å². The zero-order valence-corrected chi connectivity index (χ0v) is 16.0. The molecule has 0 unspecified atom stereocenters. The molecule has 3 aliphatic rings. The maximum absolute atomic E-state index is 13.1. The monoisotopic (exact) mass is 418 g/mol. The molecule has 0 saturated carbocycles. The minimum Gasteiger partial charge on any atom is -0.458 e. The molecule has 2 aromatic heterocycles. The van der Waals surface area contributed by atoms with Gasteiger partial charge in [0, 0.05) is 28.1 Å². The van der Waals surface area contributed by atoms with Crippen molar-refractivity contribution in [2.24, 2.45) is 0 Å². The molecule has 0 saturated heterocycles. The lowest BCUT2D eigenvalue weighted by Gasteiger charge is -2.21. The van der Waals surface area contributed by atoms with Crippen molar-refractivity contribution in [3.63, 3.8) is 0 Å². The van der Waals surface area contributed by atoms with Crippen molar-refractivity contribution in [2.45, 2.75) is 19.3 Å². The normalized spacial score (nSPS) is 17.5. The number of rotatable bonds is 0. The summed E-state index contributed by atoms with van der Waals surface area (Å²) in [6.45, 7) is -0.181. The predicted molar refractivity (Wildman–Crippen MR) is 105 cm³/mol. The van der Waals surface area contributed by atoms with E-state index < -0.39 is 12.1 Å². The van der Waals surface area contributed by atoms with Gasteiger partial charge >= 0.3 is 5.97 Å². The Labute approximate surface area is 174 Å². The highest BCUT2D eigenvalue weighted by atomic mass is 16.7. The van der Waals surface area contributed by atoms with E-state index in [0.717, 1.165) is 0 Å². The highest BCUT2D eigenvalue weighted by Crippen LogP contribution is 2.41. The summed E-state index contributed by atoms with van der Waals surface area (Å²) in [7, 11) is 0. The van der Waals surface area contributed by atoms with Crippen molar-refractivity contribution in [1.29, 1.82) is 0 Å². The van der Waals surface area contributed by atoms with Crippen LogP contribution in [-0.2, 0) is 22.7 Å². The van der Waals surface area contributed by atoms with E-state index in [1.165, 1.54) is 4.57 Å². The van der Waals surface area contributed by atoms with E-state index >= 15 is 0 Å². The summed E-state index contributed by atoms with van der Waals surface area (Å²) in [5.41, 5.74) is 3.07. The molecular weight excluding hydrogens is 404 g/mol. The minimum absolute atomic E-state index is 0.112. The van der Waals surface area contributed by atoms with Gasteiger partial charge in [0.2, 0.25) is 6.79 Å². The van der Waals surface area contributed by atoms with Gasteiger partial charge in [-0.1, -0.05) is 11.8 Å². The zero-order valence-electron chi connectivity index (χ0n) is 16.0. The lowest BCUT2D eigenvalue weighted by Crippen LogP contribution is -2.32. The Bertz CT molecular complexity index is 1440. The van der Waals surface area contributed by atoms with Crippen molar-refractivity contribution >= 4 is 16.9 Å². The van der Waals surface area contributed by atoms with Crippen LogP contribution in [0.15, 0.2) is 23.0 Å². The summed E-state index contributed by atoms with van der Waals surface area (Å²) in [5.74, 6) is 6.01. The Kier molecular flexibility index (Phi) is 3.65. The van der Waals surface area contributed by atoms with Crippen LogP contribution in [0.5, 0.6) is 11.5 Å². The van der Waals surface area contributed by atoms with E-state index in [1.54, 1.807) is 18.2 Å². The van der Waals surface area contributed by atoms with Crippen molar-refractivity contribution < 1.29 is 29.2 Å². The Balaban J connectivity index is 1.66. The van der Waals surface area contributed by atoms with Crippen LogP contribution in [0.2, 0.25) is 0 Å². The fraction of sp³-hybridized carbons (Fsp3) is 0.227. The van der Waals surface area contributed by atoms with Gasteiger partial charge in [-0.05, 0) is 12.1 Å². The van der Waals surface area contributed by atoms with Crippen molar-refractivity contribution in [1.82, 2.24) is 9.55 Å². The summed E-state index contributed by atoms with van der Waals surface area (Å²) in [6, 6.07) is 5.15. The molecule has 0 spiro atoms. The van der Waals surface area contributed by atoms with Gasteiger partial charge in [0.1, 0.15) is 13.2 Å². The number of benzene rings is 1. The third-order valence-electron chi connectivity index (χ3n) is 5.74. The van der Waals surface area contributed by atoms with Crippen LogP contribution in [0, 0.1) is 11.8 Å². The Morgan fingerprint density at radius 2 is 1.94 bits per heavy atom. The lowest BCUT2D eigenvalue weighted by atomic mass is 9.98. The van der Waals surface area contributed by atoms with Gasteiger partial charge in [0.25, 0.3) is 5.56 Å². The van der Waals surface area contributed by atoms with E-state index in [2.05, 4.69) is 11.8 Å². The molecular formula is C22H14N2O7. The molecule has 9 heteroatoms. The molecule has 3 aliphatic heterocycles. The molecule has 0 radical (unpaired) electrons. The number of carbonyl (C=O) groups is 1. The van der Waals surface area contributed by atoms with E-state index in [4.69, 9.17) is 19.2 Å². The van der Waals surface area contributed by atoms with E-state index in [1.807, 2.05) is 0 Å². The van der Waals surface area contributed by atoms with Crippen LogP contribution in [0.4, 0.5) is 0 Å². The van der Waals surface area contributed by atoms with Gasteiger partial charge in [-0.25, -0.2) is 9.78 Å². The SMILES string of the molecule is O=C1OCc2c(cc3n(c2=O)Cc2c-3nc3cc4c(cc3c2C#CCO)OCO4)[C@@H]1O. The number of fused-ring (bicyclic) bond motifs is 6. The molecule has 0 aliphatic carbocycles. The molecule has 0 amide bonds. The number of nitrogens with zero attached hydrogens (tertiary/aromatic N) is 2. The standard InChI is InChI=1S/C22H14N2O7/c25-3-1-2-10-11-5-17-18(31-9-30-17)6-15(11)23-19-13(10)7-24-16(19)4-12-14(21(24)27)8-29-22(28)20(12)26/h4-6,20,25-26H,3,7-9H2/t20-/m0/s1. The summed E-state index contributed by atoms with van der Waals surface area (Å²) >= 11 is 0. The average Bonchev–Trinajstić information content (AvgIpc) is 3.37. The number of carbonyl (C=O) groups excluding carboxylic acids is 1. The van der Waals surface area contributed by atoms with Crippen molar-refractivity contribution in [2.75, 3.05) is 13.4 Å². The summed E-state index contributed by atoms with van der Waals surface area (Å²) in [4.78, 5) is 29.7. The lowest BCUT2D eigenvalue weighted by molar-refractivity contribution is -0.157. The molecule has 5 heterocycles. The molecule has 1 aromatic carbocycles. The molecule has 0 bridgehead atoms. The quantitative estimate of drug-likeness (QED) is 0.315. The summed E-state index contributed by atoms with van der Waals surface area (Å²) < 4.78 is 17.4. The maximum atomic E-state index is 13.1. The van der Waals surface area contributed by atoms with Crippen molar-refractivity contribution in [3.8, 4) is 34.7 Å². The van der Waals surface area contributed by atoms with Gasteiger partial charge in [-0.3, -0.25) is 4.79 Å². The van der Waals surface area contributed by atoms with E-state index in [-0.39, 0.29) is 43.2 Å². The van der Waals surface area contributed by atoms with Gasteiger partial charge in [-0.15, -0.1) is 0 Å². The minimum atomic E-state index is -1.52. The number of hydrogen-bond acceptors (Lipinski definition) is 8. The number of esters is 1. The van der Waals surface area contributed by atoms with Crippen molar-refractivity contribution in [3.05, 3.63) is 50.8 Å². The Morgan fingerprint density at radius 3 is 2.74 bits per heavy atom. The fourth-order valence-electron chi connectivity index (χ4n) is 4.29. The second kappa shape index (κ2) is 6.31. The highest BCUT2D eigenvalue weighted by molar-refractivity contribution is 5.93. The number of aliphatic hydroxyl groups excluding tert-OH is 2. The molecule has 1 atom stereocenters. The van der Waals surface area contributed by atoms with Gasteiger partial charge in [0.15, 0.2) is 17.6 Å². The van der Waals surface area contributed by atoms with Crippen LogP contribution in [0.1, 0.15) is 28.4 Å². The second-order valence-electron chi connectivity index (χ2n) is 7.36. The summed E-state index contributed by atoms with van der Waals surface area (Å²) in [6.07, 6.45) is -1.52. The first kappa shape index (κ1) is 17.9. The van der Waals surface area contributed by atoms with Gasteiger partial charge in [0.05, 0.1) is 29.0 Å². The third-order valence-corrected chi connectivity index (χ3v) is 5.74. The highest BCUT2D eigenvalue weighted by Gasteiger charge is 2.34. The van der Waals surface area contributed by atoms with Crippen LogP contribution in [0.3, 0.4) is 0 Å². The smallest absolute Gasteiger partial charge is 0.340 e. The number of cyclic esters (lactones) is 1. The molecule has 31 heavy (non-hydrogen) atoms. The third kappa shape index (κ3) is 2.43. The van der Waals surface area contributed by atoms with Gasteiger partial charge in [-0.2, -0.15) is 0 Å². The number of hydrogen-bond donors (Lipinski definition) is 2. The first-order chi connectivity index (χ1) is 15.1. The Morgan fingerprint density at radius 1 is 1.13 bits per heavy atom. The predicted octanol–water partition coefficient (Wildman–Crippen LogP) is 0.588. The first-order valence-corrected chi connectivity index (χ1v) is 9.54. The first-order valence-electron chi connectivity index (χ1n) is 9.54. The van der Waals surface area contributed by atoms with Gasteiger partial charge < -0.3 is 29.0 Å². The number of aromatic nitrogens is 2. The Hall–Kier alpha value is -3.87. The zero-order chi connectivity index (χ0) is 21.3. The molecule has 0 fully saturated rings. The largest absolute Gasteiger partial charge is 0.458 e. The van der Waals surface area contributed by atoms with E-state index in [0.29, 0.717) is 44.9 Å². The number of ether oxygens (including phenoxy) is 3. The molecule has 3 aromatic rings. The number of pyridine rings is 2. The van der Waals surface area contributed by atoms with Crippen LogP contribution >= 0.6 is 0 Å². The van der Waals surface area contributed by atoms with Crippen LogP contribution in [-0.4, -0.2) is 39.1 Å². The summed E-state index contributed by atoms with van der Waals surface area (Å²) in [5, 5.41) is 20.2. The average molecular weight is 418 g/mol. The van der Waals surface area contributed by atoms with Crippen LogP contribution < -0.4 is 15.0 Å². The second-order valence-corrected chi connectivity index (χ2v) is 7.36. The molecule has 2 N–H and O–H groups in total.